The van der Waals surface area contributed by atoms with Crippen LogP contribution in [0.25, 0.3) is 0 Å². The molecule has 0 amide bonds. The van der Waals surface area contributed by atoms with Crippen molar-refractivity contribution < 1.29 is 9.47 Å². The van der Waals surface area contributed by atoms with Gasteiger partial charge in [0.25, 0.3) is 0 Å². The number of hydrogen-bond acceptors (Lipinski definition) is 2. The monoisotopic (exact) mass is 242 g/mol. The van der Waals surface area contributed by atoms with E-state index in [1.807, 2.05) is 44.2 Å². The van der Waals surface area contributed by atoms with E-state index in [9.17, 15) is 0 Å². The van der Waals surface area contributed by atoms with Crippen LogP contribution in [-0.4, -0.2) is 26.4 Å². The predicted octanol–water partition coefficient (Wildman–Crippen LogP) is 3.19. The molecule has 2 nitrogen and oxygen atoms in total. The third-order valence-electron chi connectivity index (χ3n) is 2.36. The van der Waals surface area contributed by atoms with Gasteiger partial charge in [0, 0.05) is 13.2 Å². The van der Waals surface area contributed by atoms with E-state index in [-0.39, 0.29) is 0 Å². The summed E-state index contributed by atoms with van der Waals surface area (Å²) >= 11 is 6.57. The highest BCUT2D eigenvalue weighted by atomic mass is 35.5. The molecule has 0 aliphatic carbocycles. The molecule has 1 aromatic rings. The summed E-state index contributed by atoms with van der Waals surface area (Å²) in [5, 5.41) is 0. The molecule has 0 radical (unpaired) electrons. The zero-order valence-electron chi connectivity index (χ0n) is 9.91. The lowest BCUT2D eigenvalue weighted by molar-refractivity contribution is 0.0600. The zero-order chi connectivity index (χ0) is 11.9. The SMILES string of the molecule is CCOCC(Cl)(COCC)c1ccccc1. The Kier molecular flexibility index (Phi) is 5.81. The summed E-state index contributed by atoms with van der Waals surface area (Å²) < 4.78 is 10.9. The molecule has 0 atom stereocenters. The first kappa shape index (κ1) is 13.5. The van der Waals surface area contributed by atoms with Crippen molar-refractivity contribution in [2.75, 3.05) is 26.4 Å². The van der Waals surface area contributed by atoms with Crippen LogP contribution in [0.15, 0.2) is 30.3 Å². The lowest BCUT2D eigenvalue weighted by atomic mass is 10.00. The van der Waals surface area contributed by atoms with Gasteiger partial charge in [0.15, 0.2) is 0 Å². The van der Waals surface area contributed by atoms with Crippen LogP contribution in [-0.2, 0) is 14.3 Å². The van der Waals surface area contributed by atoms with Crippen molar-refractivity contribution in [1.82, 2.24) is 0 Å². The number of benzene rings is 1. The van der Waals surface area contributed by atoms with Crippen LogP contribution < -0.4 is 0 Å². The zero-order valence-corrected chi connectivity index (χ0v) is 10.7. The second-order valence-corrected chi connectivity index (χ2v) is 4.33. The molecule has 0 aliphatic heterocycles. The van der Waals surface area contributed by atoms with Gasteiger partial charge in [-0.1, -0.05) is 30.3 Å². The minimum atomic E-state index is -0.576. The smallest absolute Gasteiger partial charge is 0.116 e. The van der Waals surface area contributed by atoms with Crippen molar-refractivity contribution in [1.29, 1.82) is 0 Å². The summed E-state index contributed by atoms with van der Waals surface area (Å²) in [5.41, 5.74) is 1.04. The van der Waals surface area contributed by atoms with E-state index in [0.717, 1.165) is 5.56 Å². The molecule has 0 N–H and O–H groups in total. The quantitative estimate of drug-likeness (QED) is 0.684. The summed E-state index contributed by atoms with van der Waals surface area (Å²) in [6.45, 7) is 6.18. The third-order valence-corrected chi connectivity index (χ3v) is 2.80. The van der Waals surface area contributed by atoms with Crippen molar-refractivity contribution >= 4 is 11.6 Å². The van der Waals surface area contributed by atoms with Crippen LogP contribution in [0.4, 0.5) is 0 Å². The molecular weight excluding hydrogens is 224 g/mol. The van der Waals surface area contributed by atoms with Gasteiger partial charge < -0.3 is 9.47 Å². The molecule has 0 fully saturated rings. The van der Waals surface area contributed by atoms with Crippen LogP contribution in [0.1, 0.15) is 19.4 Å². The summed E-state index contributed by atoms with van der Waals surface area (Å²) in [7, 11) is 0. The molecule has 1 aromatic carbocycles. The molecule has 90 valence electrons. The number of ether oxygens (including phenoxy) is 2. The van der Waals surface area contributed by atoms with Gasteiger partial charge in [0.2, 0.25) is 0 Å². The van der Waals surface area contributed by atoms with E-state index >= 15 is 0 Å². The highest BCUT2D eigenvalue weighted by Gasteiger charge is 2.30. The molecule has 0 spiro atoms. The Labute approximate surface area is 103 Å². The average Bonchev–Trinajstić information content (AvgIpc) is 2.35. The van der Waals surface area contributed by atoms with Gasteiger partial charge in [-0.05, 0) is 19.4 Å². The number of rotatable bonds is 7. The summed E-state index contributed by atoms with van der Waals surface area (Å²) in [6, 6.07) is 9.94. The first-order chi connectivity index (χ1) is 7.73. The molecule has 3 heteroatoms. The minimum absolute atomic E-state index is 0.467. The highest BCUT2D eigenvalue weighted by Crippen LogP contribution is 2.29. The second-order valence-electron chi connectivity index (χ2n) is 3.61. The third kappa shape index (κ3) is 3.78. The first-order valence-corrected chi connectivity index (χ1v) is 6.00. The molecule has 0 unspecified atom stereocenters. The summed E-state index contributed by atoms with van der Waals surface area (Å²) in [4.78, 5) is -0.576. The van der Waals surface area contributed by atoms with E-state index in [2.05, 4.69) is 0 Å². The van der Waals surface area contributed by atoms with Crippen LogP contribution >= 0.6 is 11.6 Å². The standard InChI is InChI=1S/C13H19ClO2/c1-3-15-10-13(14,11-16-4-2)12-8-6-5-7-9-12/h5-9H,3-4,10-11H2,1-2H3. The van der Waals surface area contributed by atoms with Crippen molar-refractivity contribution in [3.05, 3.63) is 35.9 Å². The van der Waals surface area contributed by atoms with E-state index in [1.165, 1.54) is 0 Å². The Hall–Kier alpha value is -0.570. The predicted molar refractivity (Wildman–Crippen MR) is 67.0 cm³/mol. The molecular formula is C13H19ClO2. The minimum Gasteiger partial charge on any atom is -0.379 e. The molecule has 0 heterocycles. The highest BCUT2D eigenvalue weighted by molar-refractivity contribution is 6.24. The Bertz CT molecular complexity index is 279. The Morgan fingerprint density at radius 2 is 1.50 bits per heavy atom. The first-order valence-electron chi connectivity index (χ1n) is 5.63. The van der Waals surface area contributed by atoms with Crippen molar-refractivity contribution in [2.24, 2.45) is 0 Å². The average molecular weight is 243 g/mol. The summed E-state index contributed by atoms with van der Waals surface area (Å²) in [5.74, 6) is 0. The molecule has 0 aromatic heterocycles. The molecule has 0 bridgehead atoms. The fourth-order valence-electron chi connectivity index (χ4n) is 1.47. The fraction of sp³-hybridized carbons (Fsp3) is 0.538. The van der Waals surface area contributed by atoms with Gasteiger partial charge in [-0.2, -0.15) is 0 Å². The van der Waals surface area contributed by atoms with Crippen molar-refractivity contribution in [3.8, 4) is 0 Å². The van der Waals surface area contributed by atoms with E-state index in [1.54, 1.807) is 0 Å². The fourth-order valence-corrected chi connectivity index (χ4v) is 1.75. The van der Waals surface area contributed by atoms with Crippen LogP contribution in [0.3, 0.4) is 0 Å². The number of hydrogen-bond donors (Lipinski definition) is 0. The van der Waals surface area contributed by atoms with E-state index in [0.29, 0.717) is 26.4 Å². The maximum atomic E-state index is 6.57. The molecule has 0 saturated carbocycles. The Morgan fingerprint density at radius 1 is 1.00 bits per heavy atom. The molecule has 1 rings (SSSR count). The lowest BCUT2D eigenvalue weighted by Crippen LogP contribution is -2.31. The van der Waals surface area contributed by atoms with E-state index < -0.39 is 4.87 Å². The van der Waals surface area contributed by atoms with Crippen molar-refractivity contribution in [2.45, 2.75) is 18.7 Å². The van der Waals surface area contributed by atoms with Gasteiger partial charge in [-0.25, -0.2) is 0 Å². The number of halogens is 1. The van der Waals surface area contributed by atoms with Gasteiger partial charge >= 0.3 is 0 Å². The van der Waals surface area contributed by atoms with Gasteiger partial charge in [-0.15, -0.1) is 11.6 Å². The molecule has 0 aliphatic rings. The second kappa shape index (κ2) is 6.89. The van der Waals surface area contributed by atoms with Gasteiger partial charge in [-0.3, -0.25) is 0 Å². The topological polar surface area (TPSA) is 18.5 Å². The lowest BCUT2D eigenvalue weighted by Gasteiger charge is -2.26. The summed E-state index contributed by atoms with van der Waals surface area (Å²) in [6.07, 6.45) is 0. The Balaban J connectivity index is 2.77. The van der Waals surface area contributed by atoms with Crippen LogP contribution in [0.2, 0.25) is 0 Å². The van der Waals surface area contributed by atoms with Crippen molar-refractivity contribution in [3.63, 3.8) is 0 Å². The number of alkyl halides is 1. The van der Waals surface area contributed by atoms with Gasteiger partial charge in [0.05, 0.1) is 13.2 Å². The van der Waals surface area contributed by atoms with Gasteiger partial charge in [0.1, 0.15) is 4.87 Å². The Morgan fingerprint density at radius 3 is 1.94 bits per heavy atom. The normalized spacial score (nSPS) is 11.7. The van der Waals surface area contributed by atoms with Crippen LogP contribution in [0.5, 0.6) is 0 Å². The maximum absolute atomic E-state index is 6.57. The molecule has 16 heavy (non-hydrogen) atoms. The maximum Gasteiger partial charge on any atom is 0.116 e. The largest absolute Gasteiger partial charge is 0.379 e. The molecule has 0 saturated heterocycles. The van der Waals surface area contributed by atoms with Crippen LogP contribution in [0, 0.1) is 0 Å². The van der Waals surface area contributed by atoms with E-state index in [4.69, 9.17) is 21.1 Å².